The average molecular weight is 238 g/mol. The number of hydrogen-bond donors (Lipinski definition) is 0. The largest absolute Gasteiger partial charge is 0.122 e. The van der Waals surface area contributed by atoms with Crippen LogP contribution in [0.15, 0.2) is 18.2 Å². The van der Waals surface area contributed by atoms with Gasteiger partial charge in [0.2, 0.25) is 0 Å². The van der Waals surface area contributed by atoms with Gasteiger partial charge in [-0.1, -0.05) is 36.0 Å². The summed E-state index contributed by atoms with van der Waals surface area (Å²) < 4.78 is 1.12. The molecule has 0 spiro atoms. The van der Waals surface area contributed by atoms with Crippen LogP contribution in [0.2, 0.25) is 0 Å². The van der Waals surface area contributed by atoms with Gasteiger partial charge in [-0.25, -0.2) is 0 Å². The topological polar surface area (TPSA) is 0 Å². The third-order valence-corrected chi connectivity index (χ3v) is 3.92. The van der Waals surface area contributed by atoms with Crippen LogP contribution in [0.5, 0.6) is 0 Å². The second kappa shape index (κ2) is 6.29. The molecule has 0 unspecified atom stereocenters. The Kier molecular flexibility index (Phi) is 5.34. The van der Waals surface area contributed by atoms with Crippen molar-refractivity contribution in [1.29, 1.82) is 0 Å². The van der Waals surface area contributed by atoms with E-state index in [1.807, 2.05) is 0 Å². The predicted molar refractivity (Wildman–Crippen MR) is 75.0 cm³/mol. The lowest BCUT2D eigenvalue weighted by atomic mass is 10.0. The van der Waals surface area contributed by atoms with Crippen molar-refractivity contribution < 1.29 is 0 Å². The van der Waals surface area contributed by atoms with Gasteiger partial charge in [0.15, 0.2) is 0 Å². The van der Waals surface area contributed by atoms with Crippen molar-refractivity contribution in [1.82, 2.24) is 0 Å². The molecule has 1 aromatic carbocycles. The van der Waals surface area contributed by atoms with Crippen LogP contribution >= 0.6 is 24.0 Å². The molecule has 0 amide bonds. The summed E-state index contributed by atoms with van der Waals surface area (Å²) in [6, 6.07) is 6.68. The zero-order chi connectivity index (χ0) is 11.3. The molecule has 0 aliphatic carbocycles. The van der Waals surface area contributed by atoms with Crippen LogP contribution in [-0.2, 0) is 6.42 Å². The molecular weight excluding hydrogens is 220 g/mol. The van der Waals surface area contributed by atoms with E-state index in [4.69, 9.17) is 12.2 Å². The Morgan fingerprint density at radius 2 is 2.07 bits per heavy atom. The van der Waals surface area contributed by atoms with Gasteiger partial charge in [0, 0.05) is 4.20 Å². The molecule has 0 aliphatic heterocycles. The predicted octanol–water partition coefficient (Wildman–Crippen LogP) is 4.32. The lowest BCUT2D eigenvalue weighted by Crippen LogP contribution is -1.93. The van der Waals surface area contributed by atoms with Gasteiger partial charge < -0.3 is 0 Å². The third kappa shape index (κ3) is 4.35. The highest BCUT2D eigenvalue weighted by Crippen LogP contribution is 2.15. The zero-order valence-electron chi connectivity index (χ0n) is 9.67. The Balaban J connectivity index is 2.47. The molecule has 0 heterocycles. The Bertz CT molecular complexity index is 342. The van der Waals surface area contributed by atoms with Gasteiger partial charge in [-0.2, -0.15) is 0 Å². The highest BCUT2D eigenvalue weighted by molar-refractivity contribution is 8.22. The summed E-state index contributed by atoms with van der Waals surface area (Å²) in [4.78, 5) is 0. The van der Waals surface area contributed by atoms with Crippen molar-refractivity contribution in [3.8, 4) is 0 Å². The molecule has 0 radical (unpaired) electrons. The first-order valence-electron chi connectivity index (χ1n) is 5.26. The number of thioether (sulfide) groups is 1. The average Bonchev–Trinajstić information content (AvgIpc) is 2.21. The summed E-state index contributed by atoms with van der Waals surface area (Å²) in [5.41, 5.74) is 4.21. The molecule has 0 N–H and O–H groups in total. The standard InChI is InChI=1S/C13H18S2/c1-10-7-8-12(11(2)9-10)5-4-6-13(14)15-3/h7-9H,4-6H2,1-3H3. The number of rotatable bonds is 4. The van der Waals surface area contributed by atoms with Crippen LogP contribution in [0.3, 0.4) is 0 Å². The number of thiocarbonyl (C=S) groups is 1. The van der Waals surface area contributed by atoms with Gasteiger partial charge >= 0.3 is 0 Å². The van der Waals surface area contributed by atoms with Gasteiger partial charge in [-0.05, 0) is 50.5 Å². The zero-order valence-corrected chi connectivity index (χ0v) is 11.3. The Labute approximate surface area is 102 Å². The Morgan fingerprint density at radius 3 is 2.67 bits per heavy atom. The number of benzene rings is 1. The molecule has 0 bridgehead atoms. The van der Waals surface area contributed by atoms with Gasteiger partial charge in [-0.15, -0.1) is 11.8 Å². The van der Waals surface area contributed by atoms with E-state index < -0.39 is 0 Å². The van der Waals surface area contributed by atoms with Gasteiger partial charge in [0.1, 0.15) is 0 Å². The smallest absolute Gasteiger partial charge is 0.0475 e. The molecule has 1 rings (SSSR count). The van der Waals surface area contributed by atoms with E-state index in [1.54, 1.807) is 11.8 Å². The van der Waals surface area contributed by atoms with Gasteiger partial charge in [0.25, 0.3) is 0 Å². The maximum absolute atomic E-state index is 5.19. The van der Waals surface area contributed by atoms with Crippen molar-refractivity contribution >= 4 is 28.2 Å². The van der Waals surface area contributed by atoms with Crippen molar-refractivity contribution in [2.24, 2.45) is 0 Å². The second-order valence-corrected chi connectivity index (χ2v) is 5.51. The maximum Gasteiger partial charge on any atom is 0.0475 e. The molecule has 0 fully saturated rings. The lowest BCUT2D eigenvalue weighted by Gasteiger charge is -2.06. The summed E-state index contributed by atoms with van der Waals surface area (Å²) >= 11 is 6.89. The van der Waals surface area contributed by atoms with Gasteiger partial charge in [-0.3, -0.25) is 0 Å². The first-order chi connectivity index (χ1) is 7.13. The maximum atomic E-state index is 5.19. The summed E-state index contributed by atoms with van der Waals surface area (Å²) in [6.45, 7) is 4.33. The van der Waals surface area contributed by atoms with Crippen molar-refractivity contribution in [3.63, 3.8) is 0 Å². The molecule has 0 saturated carbocycles. The minimum absolute atomic E-state index is 1.06. The van der Waals surface area contributed by atoms with E-state index in [0.29, 0.717) is 0 Å². The molecule has 0 atom stereocenters. The molecule has 0 saturated heterocycles. The molecule has 15 heavy (non-hydrogen) atoms. The number of aryl methyl sites for hydroxylation is 3. The number of hydrogen-bond acceptors (Lipinski definition) is 2. The van der Waals surface area contributed by atoms with E-state index in [-0.39, 0.29) is 0 Å². The normalized spacial score (nSPS) is 10.3. The molecule has 82 valence electrons. The van der Waals surface area contributed by atoms with Gasteiger partial charge in [0.05, 0.1) is 0 Å². The minimum atomic E-state index is 1.06. The van der Waals surface area contributed by atoms with Crippen LogP contribution in [0.1, 0.15) is 29.5 Å². The lowest BCUT2D eigenvalue weighted by molar-refractivity contribution is 0.869. The quantitative estimate of drug-likeness (QED) is 0.717. The fraction of sp³-hybridized carbons (Fsp3) is 0.462. The van der Waals surface area contributed by atoms with Crippen LogP contribution in [0, 0.1) is 13.8 Å². The first-order valence-corrected chi connectivity index (χ1v) is 6.89. The summed E-state index contributed by atoms with van der Waals surface area (Å²) in [7, 11) is 0. The van der Waals surface area contributed by atoms with E-state index >= 15 is 0 Å². The summed E-state index contributed by atoms with van der Waals surface area (Å²) in [5.74, 6) is 0. The summed E-state index contributed by atoms with van der Waals surface area (Å²) in [6.07, 6.45) is 5.43. The molecule has 0 nitrogen and oxygen atoms in total. The minimum Gasteiger partial charge on any atom is -0.122 e. The highest BCUT2D eigenvalue weighted by Gasteiger charge is 2.00. The molecule has 2 heteroatoms. The Hall–Kier alpha value is -0.340. The fourth-order valence-corrected chi connectivity index (χ4v) is 2.14. The Morgan fingerprint density at radius 1 is 1.33 bits per heavy atom. The van der Waals surface area contributed by atoms with Crippen LogP contribution < -0.4 is 0 Å². The van der Waals surface area contributed by atoms with E-state index in [9.17, 15) is 0 Å². The van der Waals surface area contributed by atoms with Crippen LogP contribution in [0.4, 0.5) is 0 Å². The monoisotopic (exact) mass is 238 g/mol. The van der Waals surface area contributed by atoms with E-state index in [2.05, 4.69) is 38.3 Å². The molecule has 0 aliphatic rings. The van der Waals surface area contributed by atoms with Crippen molar-refractivity contribution in [2.75, 3.05) is 6.26 Å². The highest BCUT2D eigenvalue weighted by atomic mass is 32.2. The van der Waals surface area contributed by atoms with Crippen molar-refractivity contribution in [2.45, 2.75) is 33.1 Å². The molecule has 1 aromatic rings. The SMILES string of the molecule is CSC(=S)CCCc1ccc(C)cc1C. The molecule has 0 aromatic heterocycles. The second-order valence-electron chi connectivity index (χ2n) is 3.86. The summed E-state index contributed by atoms with van der Waals surface area (Å²) in [5, 5.41) is 0. The van der Waals surface area contributed by atoms with Crippen molar-refractivity contribution in [3.05, 3.63) is 34.9 Å². The molecular formula is C13H18S2. The fourth-order valence-electron chi connectivity index (χ4n) is 1.65. The van der Waals surface area contributed by atoms with Crippen LogP contribution in [0.25, 0.3) is 0 Å². The third-order valence-electron chi connectivity index (χ3n) is 2.55. The van der Waals surface area contributed by atoms with E-state index in [1.165, 1.54) is 23.1 Å². The first kappa shape index (κ1) is 12.7. The van der Waals surface area contributed by atoms with Crippen LogP contribution in [-0.4, -0.2) is 10.5 Å². The van der Waals surface area contributed by atoms with E-state index in [0.717, 1.165) is 17.0 Å².